The number of hydrogen-bond donors (Lipinski definition) is 1. The van der Waals surface area contributed by atoms with Gasteiger partial charge in [-0.2, -0.15) is 0 Å². The Morgan fingerprint density at radius 1 is 1.29 bits per heavy atom. The van der Waals surface area contributed by atoms with Crippen molar-refractivity contribution in [1.82, 2.24) is 4.98 Å². The van der Waals surface area contributed by atoms with Crippen LogP contribution in [0.3, 0.4) is 0 Å². The fourth-order valence-electron chi connectivity index (χ4n) is 1.42. The van der Waals surface area contributed by atoms with Gasteiger partial charge in [0.1, 0.15) is 5.15 Å². The number of carboxylic acids is 1. The van der Waals surface area contributed by atoms with E-state index in [0.29, 0.717) is 16.1 Å². The lowest BCUT2D eigenvalue weighted by Crippen LogP contribution is -1.88. The Balaban J connectivity index is 2.57. The van der Waals surface area contributed by atoms with Crippen molar-refractivity contribution in [2.24, 2.45) is 0 Å². The van der Waals surface area contributed by atoms with Gasteiger partial charge in [-0.25, -0.2) is 9.78 Å². The highest BCUT2D eigenvalue weighted by Gasteiger charge is 2.03. The Kier molecular flexibility index (Phi) is 3.31. The molecule has 3 nitrogen and oxygen atoms in total. The van der Waals surface area contributed by atoms with Crippen molar-refractivity contribution in [3.05, 3.63) is 46.1 Å². The largest absolute Gasteiger partial charge is 0.478 e. The van der Waals surface area contributed by atoms with Gasteiger partial charge in [-0.3, -0.25) is 0 Å². The van der Waals surface area contributed by atoms with Crippen molar-refractivity contribution >= 4 is 46.2 Å². The molecule has 0 atom stereocenters. The van der Waals surface area contributed by atoms with Crippen molar-refractivity contribution in [3.63, 3.8) is 0 Å². The Hall–Kier alpha value is -1.58. The molecule has 0 spiro atoms. The highest BCUT2D eigenvalue weighted by atomic mass is 35.5. The molecule has 0 aliphatic carbocycles. The van der Waals surface area contributed by atoms with Crippen LogP contribution < -0.4 is 0 Å². The van der Waals surface area contributed by atoms with Gasteiger partial charge >= 0.3 is 5.97 Å². The second-order valence-corrected chi connectivity index (χ2v) is 4.17. The van der Waals surface area contributed by atoms with Gasteiger partial charge in [0, 0.05) is 22.0 Å². The zero-order valence-electron chi connectivity index (χ0n) is 8.52. The van der Waals surface area contributed by atoms with Crippen LogP contribution in [-0.4, -0.2) is 16.1 Å². The molecule has 5 heteroatoms. The lowest BCUT2D eigenvalue weighted by molar-refractivity contribution is -0.131. The van der Waals surface area contributed by atoms with Gasteiger partial charge in [0.15, 0.2) is 0 Å². The van der Waals surface area contributed by atoms with Crippen LogP contribution in [0.25, 0.3) is 17.0 Å². The smallest absolute Gasteiger partial charge is 0.328 e. The van der Waals surface area contributed by atoms with Crippen molar-refractivity contribution < 1.29 is 9.90 Å². The molecule has 17 heavy (non-hydrogen) atoms. The van der Waals surface area contributed by atoms with Gasteiger partial charge in [-0.05, 0) is 30.3 Å². The van der Waals surface area contributed by atoms with E-state index in [4.69, 9.17) is 28.3 Å². The first kappa shape index (κ1) is 11.9. The van der Waals surface area contributed by atoms with Crippen LogP contribution in [-0.2, 0) is 4.79 Å². The molecule has 2 rings (SSSR count). The maximum Gasteiger partial charge on any atom is 0.328 e. The summed E-state index contributed by atoms with van der Waals surface area (Å²) in [7, 11) is 0. The number of carboxylic acid groups (broad SMARTS) is 1. The predicted molar refractivity (Wildman–Crippen MR) is 68.4 cm³/mol. The lowest BCUT2D eigenvalue weighted by atomic mass is 10.1. The van der Waals surface area contributed by atoms with E-state index >= 15 is 0 Å². The van der Waals surface area contributed by atoms with E-state index in [9.17, 15) is 4.79 Å². The van der Waals surface area contributed by atoms with E-state index in [1.54, 1.807) is 24.3 Å². The maximum absolute atomic E-state index is 10.4. The molecule has 0 amide bonds. The summed E-state index contributed by atoms with van der Waals surface area (Å²) in [6, 6.07) is 6.97. The Labute approximate surface area is 107 Å². The molecule has 2 aromatic rings. The molecule has 0 unspecified atom stereocenters. The molecular weight excluding hydrogens is 261 g/mol. The van der Waals surface area contributed by atoms with Gasteiger partial charge in [0.2, 0.25) is 0 Å². The number of aromatic nitrogens is 1. The van der Waals surface area contributed by atoms with Gasteiger partial charge in [0.25, 0.3) is 0 Å². The number of rotatable bonds is 2. The monoisotopic (exact) mass is 267 g/mol. The van der Waals surface area contributed by atoms with Gasteiger partial charge in [-0.1, -0.05) is 23.2 Å². The molecule has 0 saturated carbocycles. The van der Waals surface area contributed by atoms with E-state index in [0.717, 1.165) is 11.5 Å². The standard InChI is InChI=1S/C12H7Cl2NO2/c13-9-2-3-10-8(6-9)5-7(12(14)15-10)1-4-11(16)17/h1-6H,(H,16,17)/b4-1+. The molecule has 0 aliphatic heterocycles. The van der Waals surface area contributed by atoms with Crippen molar-refractivity contribution in [2.75, 3.05) is 0 Å². The highest BCUT2D eigenvalue weighted by molar-refractivity contribution is 6.32. The van der Waals surface area contributed by atoms with Gasteiger partial charge < -0.3 is 5.11 Å². The number of carbonyl (C=O) groups is 1. The summed E-state index contributed by atoms with van der Waals surface area (Å²) in [5, 5.41) is 10.2. The van der Waals surface area contributed by atoms with Crippen molar-refractivity contribution in [1.29, 1.82) is 0 Å². The number of benzene rings is 1. The summed E-state index contributed by atoms with van der Waals surface area (Å²) < 4.78 is 0. The van der Waals surface area contributed by atoms with Crippen LogP contribution in [0, 0.1) is 0 Å². The molecule has 0 saturated heterocycles. The molecule has 1 aromatic carbocycles. The van der Waals surface area contributed by atoms with Crippen molar-refractivity contribution in [3.8, 4) is 0 Å². The number of aliphatic carboxylic acids is 1. The molecule has 0 radical (unpaired) electrons. The fourth-order valence-corrected chi connectivity index (χ4v) is 1.81. The SMILES string of the molecule is O=C(O)/C=C/c1cc2cc(Cl)ccc2nc1Cl. The summed E-state index contributed by atoms with van der Waals surface area (Å²) in [5.41, 5.74) is 1.26. The number of nitrogens with zero attached hydrogens (tertiary/aromatic N) is 1. The van der Waals surface area contributed by atoms with E-state index in [1.807, 2.05) is 0 Å². The first-order valence-electron chi connectivity index (χ1n) is 4.73. The number of hydrogen-bond acceptors (Lipinski definition) is 2. The third-order valence-corrected chi connectivity index (χ3v) is 2.70. The third kappa shape index (κ3) is 2.75. The van der Waals surface area contributed by atoms with Crippen LogP contribution in [0.4, 0.5) is 0 Å². The second kappa shape index (κ2) is 4.73. The average molecular weight is 268 g/mol. The van der Waals surface area contributed by atoms with Crippen LogP contribution in [0.1, 0.15) is 5.56 Å². The van der Waals surface area contributed by atoms with Crippen LogP contribution in [0.5, 0.6) is 0 Å². The molecule has 1 aromatic heterocycles. The van der Waals surface area contributed by atoms with Gasteiger partial charge in [0.05, 0.1) is 5.52 Å². The lowest BCUT2D eigenvalue weighted by Gasteiger charge is -2.02. The van der Waals surface area contributed by atoms with E-state index in [-0.39, 0.29) is 5.15 Å². The molecule has 1 N–H and O–H groups in total. The zero-order valence-corrected chi connectivity index (χ0v) is 10.0. The van der Waals surface area contributed by atoms with Crippen LogP contribution >= 0.6 is 23.2 Å². The molecule has 86 valence electrons. The van der Waals surface area contributed by atoms with Crippen molar-refractivity contribution in [2.45, 2.75) is 0 Å². The molecule has 0 fully saturated rings. The highest BCUT2D eigenvalue weighted by Crippen LogP contribution is 2.24. The number of fused-ring (bicyclic) bond motifs is 1. The number of pyridine rings is 1. The summed E-state index contributed by atoms with van der Waals surface area (Å²) in [6.45, 7) is 0. The van der Waals surface area contributed by atoms with Gasteiger partial charge in [-0.15, -0.1) is 0 Å². The quantitative estimate of drug-likeness (QED) is 0.668. The normalized spacial score (nSPS) is 11.2. The summed E-state index contributed by atoms with van der Waals surface area (Å²) in [5.74, 6) is -1.03. The van der Waals surface area contributed by atoms with Crippen LogP contribution in [0.15, 0.2) is 30.3 Å². The minimum atomic E-state index is -1.03. The predicted octanol–water partition coefficient (Wildman–Crippen LogP) is 3.64. The zero-order chi connectivity index (χ0) is 12.4. The topological polar surface area (TPSA) is 50.2 Å². The minimum absolute atomic E-state index is 0.261. The average Bonchev–Trinajstić information content (AvgIpc) is 2.26. The summed E-state index contributed by atoms with van der Waals surface area (Å²) >= 11 is 11.8. The Bertz CT molecular complexity index is 623. The third-order valence-electron chi connectivity index (χ3n) is 2.16. The molecule has 0 bridgehead atoms. The minimum Gasteiger partial charge on any atom is -0.478 e. The molecular formula is C12H7Cl2NO2. The molecule has 1 heterocycles. The van der Waals surface area contributed by atoms with E-state index < -0.39 is 5.97 Å². The maximum atomic E-state index is 10.4. The van der Waals surface area contributed by atoms with E-state index in [1.165, 1.54) is 6.08 Å². The first-order valence-corrected chi connectivity index (χ1v) is 5.48. The fraction of sp³-hybridized carbons (Fsp3) is 0. The summed E-state index contributed by atoms with van der Waals surface area (Å²) in [4.78, 5) is 14.6. The number of halogens is 2. The Morgan fingerprint density at radius 2 is 2.06 bits per heavy atom. The summed E-state index contributed by atoms with van der Waals surface area (Å²) in [6.07, 6.45) is 2.41. The van der Waals surface area contributed by atoms with E-state index in [2.05, 4.69) is 4.98 Å². The first-order chi connectivity index (χ1) is 8.06. The Morgan fingerprint density at radius 3 is 2.76 bits per heavy atom. The second-order valence-electron chi connectivity index (χ2n) is 3.38. The van der Waals surface area contributed by atoms with Crippen LogP contribution in [0.2, 0.25) is 10.2 Å². The molecule has 0 aliphatic rings.